The Balaban J connectivity index is 1.04. The first-order valence-electron chi connectivity index (χ1n) is 30.8. The van der Waals surface area contributed by atoms with E-state index in [1.54, 1.807) is 52.0 Å². The largest absolute Gasteiger partial charge is 0.458 e. The molecule has 1 aliphatic carbocycles. The molecular formula is C60H87N15O15S. The number of likely N-dealkylation sites (N-methyl/N-ethyl adjacent to an activating group) is 1. The number of primary amides is 1. The second-order valence-corrected chi connectivity index (χ2v) is 24.6. The van der Waals surface area contributed by atoms with Crippen LogP contribution in [0.3, 0.4) is 0 Å². The molecule has 31 heteroatoms. The van der Waals surface area contributed by atoms with Gasteiger partial charge in [-0.25, -0.2) is 4.79 Å². The van der Waals surface area contributed by atoms with Gasteiger partial charge in [0.15, 0.2) is 11.6 Å². The molecule has 4 unspecified atom stereocenters. The first-order chi connectivity index (χ1) is 43.2. The molecule has 1 aromatic rings. The summed E-state index contributed by atoms with van der Waals surface area (Å²) in [5.74, 6) is -9.41. The third-order valence-corrected chi connectivity index (χ3v) is 18.3. The molecule has 17 N–H and O–H groups in total. The number of rotatable bonds is 34. The summed E-state index contributed by atoms with van der Waals surface area (Å²) in [6, 6.07) is -5.98. The number of imide groups is 1. The minimum atomic E-state index is -1.97. The highest BCUT2D eigenvalue weighted by atomic mass is 32.2. The number of pyridine rings is 1. The van der Waals surface area contributed by atoms with Crippen molar-refractivity contribution in [3.05, 3.63) is 62.8 Å². The second kappa shape index (κ2) is 32.6. The van der Waals surface area contributed by atoms with Crippen LogP contribution in [0.2, 0.25) is 0 Å². The maximum absolute atomic E-state index is 14.2. The molecule has 0 spiro atoms. The molecule has 0 aromatic carbocycles. The van der Waals surface area contributed by atoms with Crippen LogP contribution < -0.4 is 66.1 Å². The molecule has 0 radical (unpaired) electrons. The number of nitrogens with two attached hydrogens (primary N) is 5. The maximum Gasteiger partial charge on any atom is 0.343 e. The van der Waals surface area contributed by atoms with E-state index in [1.165, 1.54) is 11.6 Å². The Morgan fingerprint density at radius 1 is 0.813 bits per heavy atom. The molecule has 1 saturated heterocycles. The van der Waals surface area contributed by atoms with Gasteiger partial charge >= 0.3 is 11.9 Å². The lowest BCUT2D eigenvalue weighted by molar-refractivity contribution is -0.172. The standard InChI is InChI=1S/C60H87N15O15S/c1-7-30(4)47(54(83)66-6)72-52(81)39(13-10-11-20-61)71-55(84)48(31(5)8-2)73-53(82)41(17-18-44(63)76)70-51(80)40(14-12-21-67-59(64)65)69-50(79)37(62)29-91-43-26-45(77)74(57(43)86)22-19-46(78)90-34-15-16-38-32(24-34)23-33-27-75-42(49(33)68-38)25-36-35(56(75)85)28-89-58(87)60(36,88)9-3/h15-16,24-25,30-32,37,39-41,43,47-48,88H,7-14,17-23,26-29,61-62H2,1-6H3,(H2,63,76)(H,66,83)(H,69,79)(H,70,80)(H,71,84)(H,72,81)(H,73,82)(H4,64,65,67)/t30?,31?,32?,37-,39-,40-,41-,43?,47-,48-,60-/m0/s1. The van der Waals surface area contributed by atoms with Crippen molar-refractivity contribution in [3.63, 3.8) is 0 Å². The summed E-state index contributed by atoms with van der Waals surface area (Å²) >= 11 is 0.917. The minimum absolute atomic E-state index is 0.00249. The number of likely N-dealkylation sites (tertiary alicyclic amines) is 1. The predicted octanol–water partition coefficient (Wildman–Crippen LogP) is -2.03. The number of cyclic esters (lactones) is 1. The number of allylic oxidation sites excluding steroid dienone is 4. The smallest absolute Gasteiger partial charge is 0.343 e. The van der Waals surface area contributed by atoms with Crippen molar-refractivity contribution in [1.82, 2.24) is 41.4 Å². The topological polar surface area (TPSA) is 479 Å². The highest BCUT2D eigenvalue weighted by molar-refractivity contribution is 8.00. The number of carbonyl (C=O) groups is 11. The lowest BCUT2D eigenvalue weighted by atomic mass is 9.85. The number of amides is 9. The molecule has 9 amide bonds. The van der Waals surface area contributed by atoms with Crippen LogP contribution >= 0.6 is 11.8 Å². The number of unbranched alkanes of at least 4 members (excludes halogenated alkanes) is 1. The highest BCUT2D eigenvalue weighted by Gasteiger charge is 2.46. The summed E-state index contributed by atoms with van der Waals surface area (Å²) in [4.78, 5) is 171. The number of ether oxygens (including phenoxy) is 2. The first kappa shape index (κ1) is 71.8. The molecule has 6 rings (SSSR count). The van der Waals surface area contributed by atoms with Crippen molar-refractivity contribution in [2.75, 3.05) is 32.4 Å². The Bertz CT molecular complexity index is 3210. The van der Waals surface area contributed by atoms with Gasteiger partial charge in [0.2, 0.25) is 53.2 Å². The van der Waals surface area contributed by atoms with Crippen molar-refractivity contribution in [2.24, 2.45) is 56.4 Å². The summed E-state index contributed by atoms with van der Waals surface area (Å²) in [5.41, 5.74) is 29.1. The monoisotopic (exact) mass is 1290 g/mol. The molecule has 1 fully saturated rings. The average Bonchev–Trinajstić information content (AvgIpc) is 1.67. The number of guanidine groups is 1. The van der Waals surface area contributed by atoms with Crippen LogP contribution in [0.5, 0.6) is 0 Å². The van der Waals surface area contributed by atoms with Crippen LogP contribution in [0.4, 0.5) is 0 Å². The van der Waals surface area contributed by atoms with Crippen molar-refractivity contribution >= 4 is 94.2 Å². The quantitative estimate of drug-likeness (QED) is 0.0116. The van der Waals surface area contributed by atoms with Gasteiger partial charge in [-0.05, 0) is 99.6 Å². The fourth-order valence-corrected chi connectivity index (χ4v) is 12.2. The molecule has 1 aromatic heterocycles. The summed E-state index contributed by atoms with van der Waals surface area (Å²) < 4.78 is 12.3. The number of aliphatic imine (C=N–C) groups is 2. The van der Waals surface area contributed by atoms with Gasteiger partial charge in [-0.2, -0.15) is 0 Å². The van der Waals surface area contributed by atoms with E-state index in [9.17, 15) is 62.6 Å². The van der Waals surface area contributed by atoms with Gasteiger partial charge < -0.3 is 79.7 Å². The Labute approximate surface area is 530 Å². The fraction of sp³-hybridized carbons (Fsp3) is 0.600. The van der Waals surface area contributed by atoms with Crippen LogP contribution in [-0.4, -0.2) is 165 Å². The number of nitrogens with one attached hydrogen (secondary N) is 6. The molecule has 0 bridgehead atoms. The molecule has 0 saturated carbocycles. The maximum atomic E-state index is 14.2. The summed E-state index contributed by atoms with van der Waals surface area (Å²) in [5, 5.41) is 26.1. The summed E-state index contributed by atoms with van der Waals surface area (Å²) in [6.07, 6.45) is 6.05. The summed E-state index contributed by atoms with van der Waals surface area (Å²) in [7, 11) is 1.44. The van der Waals surface area contributed by atoms with Crippen LogP contribution in [0.15, 0.2) is 50.4 Å². The SMILES string of the molecule is CCC(C)[C@H](NC(=O)[C@H](CCCCN)NC(=O)[C@@H](NC(=O)[C@H](CCC(N)=O)NC(=O)[C@H](CCCN=C(N)N)NC(=O)[C@@H](N)CSC1CC(=O)N(CCC(=O)OC2=CC3CC4=C(N=C3C=C2)c2cc3c(c(=O)n2C4)COC(=O)[C@]3(O)CC)C1=O)C(C)CC)C(=O)NC. The molecule has 5 heterocycles. The van der Waals surface area contributed by atoms with Gasteiger partial charge in [-0.15, -0.1) is 11.8 Å². The molecule has 4 aliphatic heterocycles. The zero-order chi connectivity index (χ0) is 67.0. The third kappa shape index (κ3) is 18.0. The zero-order valence-electron chi connectivity index (χ0n) is 52.3. The number of carbonyl (C=O) groups excluding carboxylic acids is 11. The van der Waals surface area contributed by atoms with Gasteiger partial charge in [-0.1, -0.05) is 47.5 Å². The molecule has 91 heavy (non-hydrogen) atoms. The van der Waals surface area contributed by atoms with E-state index in [0.717, 1.165) is 22.2 Å². The van der Waals surface area contributed by atoms with Crippen molar-refractivity contribution < 1.29 is 67.3 Å². The van der Waals surface area contributed by atoms with Gasteiger partial charge in [0.25, 0.3) is 5.56 Å². The Kier molecular flexibility index (Phi) is 25.7. The lowest BCUT2D eigenvalue weighted by Gasteiger charge is -2.31. The Hall–Kier alpha value is -8.29. The van der Waals surface area contributed by atoms with Gasteiger partial charge in [0.05, 0.1) is 34.7 Å². The van der Waals surface area contributed by atoms with Crippen molar-refractivity contribution in [2.45, 2.75) is 178 Å². The number of thioether (sulfide) groups is 1. The Morgan fingerprint density at radius 3 is 2.04 bits per heavy atom. The normalized spacial score (nSPS) is 20.6. The number of aromatic nitrogens is 1. The van der Waals surface area contributed by atoms with E-state index in [-0.39, 0.29) is 112 Å². The number of hydrogen-bond donors (Lipinski definition) is 12. The van der Waals surface area contributed by atoms with Gasteiger partial charge in [0, 0.05) is 62.5 Å². The van der Waals surface area contributed by atoms with Crippen LogP contribution in [0.1, 0.15) is 135 Å². The zero-order valence-corrected chi connectivity index (χ0v) is 53.1. The lowest BCUT2D eigenvalue weighted by Crippen LogP contribution is -2.61. The number of esters is 2. The molecule has 30 nitrogen and oxygen atoms in total. The van der Waals surface area contributed by atoms with E-state index < -0.39 is 130 Å². The highest BCUT2D eigenvalue weighted by Crippen LogP contribution is 2.42. The number of nitrogens with zero attached hydrogens (tertiary/aromatic N) is 4. The predicted molar refractivity (Wildman–Crippen MR) is 335 cm³/mol. The van der Waals surface area contributed by atoms with Crippen LogP contribution in [0.25, 0.3) is 5.70 Å². The average molecular weight is 1290 g/mol. The van der Waals surface area contributed by atoms with Crippen molar-refractivity contribution in [1.29, 1.82) is 0 Å². The minimum Gasteiger partial charge on any atom is -0.458 e. The Morgan fingerprint density at radius 2 is 1.43 bits per heavy atom. The van der Waals surface area contributed by atoms with E-state index in [1.807, 2.05) is 6.92 Å². The molecular weight excluding hydrogens is 1200 g/mol. The number of fused-ring (bicyclic) bond motifs is 4. The molecule has 498 valence electrons. The fourth-order valence-electron chi connectivity index (χ4n) is 11.0. The molecule has 5 aliphatic rings. The van der Waals surface area contributed by atoms with E-state index in [2.05, 4.69) is 36.9 Å². The van der Waals surface area contributed by atoms with E-state index in [0.29, 0.717) is 55.8 Å². The number of hydrogen-bond acceptors (Lipinski definition) is 20. The molecule has 11 atom stereocenters. The summed E-state index contributed by atoms with van der Waals surface area (Å²) in [6.45, 7) is 8.74. The van der Waals surface area contributed by atoms with Gasteiger partial charge in [-0.3, -0.25) is 67.6 Å². The van der Waals surface area contributed by atoms with Crippen LogP contribution in [-0.2, 0) is 81.0 Å². The number of aliphatic hydroxyl groups is 1. The van der Waals surface area contributed by atoms with Crippen LogP contribution in [0, 0.1) is 17.8 Å². The van der Waals surface area contributed by atoms with Gasteiger partial charge in [0.1, 0.15) is 42.6 Å². The third-order valence-electron chi connectivity index (χ3n) is 16.9. The first-order valence-corrected chi connectivity index (χ1v) is 31.8. The van der Waals surface area contributed by atoms with E-state index >= 15 is 0 Å². The van der Waals surface area contributed by atoms with E-state index in [4.69, 9.17) is 43.1 Å². The second-order valence-electron chi connectivity index (χ2n) is 23.3. The van der Waals surface area contributed by atoms with Crippen molar-refractivity contribution in [3.8, 4) is 0 Å².